The number of hydrogen-bond acceptors (Lipinski definition) is 9. The van der Waals surface area contributed by atoms with Gasteiger partial charge >= 0.3 is 6.01 Å². The fraction of sp³-hybridized carbons (Fsp3) is 0.462. The molecule has 9 rings (SSSR count). The van der Waals surface area contributed by atoms with Gasteiger partial charge in [-0.25, -0.2) is 13.2 Å². The van der Waals surface area contributed by atoms with Crippen molar-refractivity contribution >= 4 is 27.5 Å². The lowest BCUT2D eigenvalue weighted by Crippen LogP contribution is -2.63. The fourth-order valence-corrected chi connectivity index (χ4v) is 9.70. The molecule has 264 valence electrons. The van der Waals surface area contributed by atoms with Crippen LogP contribution in [0.1, 0.15) is 50.5 Å². The highest BCUT2D eigenvalue weighted by Gasteiger charge is 2.50. The lowest BCUT2D eigenvalue weighted by Gasteiger charge is -2.47. The van der Waals surface area contributed by atoms with Crippen LogP contribution in [0.2, 0.25) is 0 Å². The highest BCUT2D eigenvalue weighted by atomic mass is 19.1. The number of halogens is 3. The predicted molar refractivity (Wildman–Crippen MR) is 187 cm³/mol. The molecule has 2 N–H and O–H groups in total. The van der Waals surface area contributed by atoms with Crippen LogP contribution >= 0.6 is 0 Å². The van der Waals surface area contributed by atoms with Gasteiger partial charge in [0.25, 0.3) is 0 Å². The zero-order valence-electron chi connectivity index (χ0n) is 28.2. The molecule has 5 saturated heterocycles. The standard InChI is InChI=1S/C39H39F3N6O3/c1-2-28-31(41)5-4-24-14-27(49)15-29(32(24)28)34-33(42)35-30(18-43-34)36(47-20-26-6-10-39(21-47,46-26)25-7-12-50-13-8-25)45-37(44-35)51-22-38-9-3-11-48(38)19-23(16-38)17-40/h1,4-5,14-15,17-18,25-26,46,49H,3,6-13,16,19-22H2/b23-17+/t26-,38-,39+/m0/s1. The third-order valence-corrected chi connectivity index (χ3v) is 12.1. The van der Waals surface area contributed by atoms with Gasteiger partial charge in [-0.05, 0) is 86.6 Å². The summed E-state index contributed by atoms with van der Waals surface area (Å²) in [6.07, 6.45) is 14.4. The highest BCUT2D eigenvalue weighted by molar-refractivity contribution is 6.03. The Morgan fingerprint density at radius 1 is 1.16 bits per heavy atom. The van der Waals surface area contributed by atoms with Crippen molar-refractivity contribution in [1.82, 2.24) is 25.2 Å². The summed E-state index contributed by atoms with van der Waals surface area (Å²) in [5.74, 6) is 1.82. The molecule has 0 unspecified atom stereocenters. The van der Waals surface area contributed by atoms with Gasteiger partial charge in [0.15, 0.2) is 5.82 Å². The van der Waals surface area contributed by atoms with Gasteiger partial charge in [-0.2, -0.15) is 9.97 Å². The second kappa shape index (κ2) is 12.4. The van der Waals surface area contributed by atoms with Gasteiger partial charge in [-0.1, -0.05) is 12.0 Å². The van der Waals surface area contributed by atoms with Crippen LogP contribution in [0.25, 0.3) is 32.9 Å². The normalized spacial score (nSPS) is 27.5. The first-order chi connectivity index (χ1) is 24.8. The molecule has 2 aromatic heterocycles. The topological polar surface area (TPSA) is 95.9 Å². The van der Waals surface area contributed by atoms with Crippen molar-refractivity contribution in [2.24, 2.45) is 5.92 Å². The summed E-state index contributed by atoms with van der Waals surface area (Å²) in [5, 5.41) is 15.7. The summed E-state index contributed by atoms with van der Waals surface area (Å²) in [6.45, 7) is 4.45. The molecule has 9 nitrogen and oxygen atoms in total. The number of nitrogens with one attached hydrogen (secondary N) is 1. The van der Waals surface area contributed by atoms with E-state index in [1.54, 1.807) is 6.20 Å². The maximum atomic E-state index is 17.1. The number of phenols is 1. The molecule has 51 heavy (non-hydrogen) atoms. The summed E-state index contributed by atoms with van der Waals surface area (Å²) in [7, 11) is 0. The first-order valence-electron chi connectivity index (χ1n) is 17.8. The largest absolute Gasteiger partial charge is 0.508 e. The lowest BCUT2D eigenvalue weighted by molar-refractivity contribution is 0.0308. The quantitative estimate of drug-likeness (QED) is 0.235. The molecule has 0 radical (unpaired) electrons. The summed E-state index contributed by atoms with van der Waals surface area (Å²) in [5.41, 5.74) is 0.188. The molecule has 4 aromatic rings. The average Bonchev–Trinajstić information content (AvgIpc) is 3.81. The van der Waals surface area contributed by atoms with Crippen molar-refractivity contribution in [3.8, 4) is 35.4 Å². The number of pyridine rings is 1. The Kier molecular flexibility index (Phi) is 7.87. The summed E-state index contributed by atoms with van der Waals surface area (Å²) in [4.78, 5) is 18.7. The monoisotopic (exact) mass is 696 g/mol. The molecular weight excluding hydrogens is 657 g/mol. The van der Waals surface area contributed by atoms with E-state index in [2.05, 4.69) is 31.0 Å². The minimum Gasteiger partial charge on any atom is -0.508 e. The van der Waals surface area contributed by atoms with Crippen LogP contribution < -0.4 is 15.0 Å². The van der Waals surface area contributed by atoms with Crippen molar-refractivity contribution in [1.29, 1.82) is 0 Å². The number of nitrogens with zero attached hydrogens (tertiary/aromatic N) is 5. The Morgan fingerprint density at radius 2 is 2.02 bits per heavy atom. The summed E-state index contributed by atoms with van der Waals surface area (Å²) in [6, 6.07) is 5.77. The maximum absolute atomic E-state index is 17.1. The molecule has 5 fully saturated rings. The van der Waals surface area contributed by atoms with E-state index in [1.807, 2.05) is 0 Å². The van der Waals surface area contributed by atoms with Crippen LogP contribution in [0.5, 0.6) is 11.8 Å². The molecule has 0 amide bonds. The molecular formula is C39H39F3N6O3. The van der Waals surface area contributed by atoms with Gasteiger partial charge in [-0.3, -0.25) is 9.88 Å². The second-order valence-electron chi connectivity index (χ2n) is 15.0. The van der Waals surface area contributed by atoms with Crippen LogP contribution in [-0.4, -0.2) is 88.1 Å². The Balaban J connectivity index is 1.18. The number of aromatic hydroxyl groups is 1. The first-order valence-corrected chi connectivity index (χ1v) is 17.8. The number of ether oxygens (including phenoxy) is 2. The average molecular weight is 697 g/mol. The van der Waals surface area contributed by atoms with Gasteiger partial charge in [0.05, 0.1) is 22.8 Å². The molecule has 3 atom stereocenters. The van der Waals surface area contributed by atoms with Gasteiger partial charge in [0.1, 0.15) is 35.2 Å². The van der Waals surface area contributed by atoms with Gasteiger partial charge in [-0.15, -0.1) is 6.42 Å². The number of anilines is 1. The number of rotatable bonds is 6. The Morgan fingerprint density at radius 3 is 2.84 bits per heavy atom. The lowest BCUT2D eigenvalue weighted by atomic mass is 9.77. The molecule has 5 aliphatic rings. The van der Waals surface area contributed by atoms with E-state index in [4.69, 9.17) is 20.9 Å². The Labute approximate surface area is 293 Å². The minimum atomic E-state index is -0.762. The highest BCUT2D eigenvalue weighted by Crippen LogP contribution is 2.45. The molecule has 0 spiro atoms. The number of aromatic nitrogens is 3. The van der Waals surface area contributed by atoms with Crippen molar-refractivity contribution < 1.29 is 27.8 Å². The number of terminal acetylenes is 1. The van der Waals surface area contributed by atoms with Gasteiger partial charge in [0.2, 0.25) is 0 Å². The van der Waals surface area contributed by atoms with Gasteiger partial charge in [0, 0.05) is 61.6 Å². The van der Waals surface area contributed by atoms with Crippen molar-refractivity contribution in [3.63, 3.8) is 0 Å². The van der Waals surface area contributed by atoms with E-state index >= 15 is 4.39 Å². The van der Waals surface area contributed by atoms with Crippen LogP contribution in [0, 0.1) is 29.9 Å². The van der Waals surface area contributed by atoms with E-state index in [1.165, 1.54) is 24.3 Å². The molecule has 5 aliphatic heterocycles. The van der Waals surface area contributed by atoms with Gasteiger partial charge < -0.3 is 24.8 Å². The molecule has 2 aromatic carbocycles. The summed E-state index contributed by atoms with van der Waals surface area (Å²) < 4.78 is 57.9. The van der Waals surface area contributed by atoms with Crippen molar-refractivity contribution in [3.05, 3.63) is 59.6 Å². The van der Waals surface area contributed by atoms with E-state index in [-0.39, 0.29) is 63.2 Å². The first kappa shape index (κ1) is 32.5. The van der Waals surface area contributed by atoms with Crippen LogP contribution in [-0.2, 0) is 4.74 Å². The van der Waals surface area contributed by atoms with E-state index < -0.39 is 11.6 Å². The summed E-state index contributed by atoms with van der Waals surface area (Å²) >= 11 is 0. The third-order valence-electron chi connectivity index (χ3n) is 12.1. The number of piperazine rings is 1. The van der Waals surface area contributed by atoms with E-state index in [0.29, 0.717) is 54.9 Å². The number of benzene rings is 2. The molecule has 0 saturated carbocycles. The Hall–Kier alpha value is -4.44. The SMILES string of the molecule is C#Cc1c(F)ccc2cc(O)cc(-c3ncc4c(N5C[C@@H]6CC[C@](C7CCOCC7)(C5)N6)nc(OC[C@@]56CCCN5C/C(=C/F)C6)nc4c3F)c12. The van der Waals surface area contributed by atoms with Crippen LogP contribution in [0.15, 0.2) is 42.4 Å². The van der Waals surface area contributed by atoms with E-state index in [9.17, 15) is 13.9 Å². The number of fused-ring (bicyclic) bond motifs is 5. The second-order valence-corrected chi connectivity index (χ2v) is 15.0. The van der Waals surface area contributed by atoms with Crippen LogP contribution in [0.3, 0.4) is 0 Å². The minimum absolute atomic E-state index is 0.00214. The zero-order valence-corrected chi connectivity index (χ0v) is 28.2. The molecule has 0 aliphatic carbocycles. The zero-order chi connectivity index (χ0) is 34.9. The van der Waals surface area contributed by atoms with Crippen molar-refractivity contribution in [2.45, 2.75) is 62.1 Å². The fourth-order valence-electron chi connectivity index (χ4n) is 9.70. The third kappa shape index (κ3) is 5.31. The molecule has 12 heteroatoms. The predicted octanol–water partition coefficient (Wildman–Crippen LogP) is 6.02. The molecule has 7 heterocycles. The Bertz CT molecular complexity index is 2130. The van der Waals surface area contributed by atoms with Crippen LogP contribution in [0.4, 0.5) is 19.0 Å². The number of hydrogen-bond donors (Lipinski definition) is 2. The number of phenolic OH excluding ortho intramolecular Hbond substituents is 1. The smallest absolute Gasteiger partial charge is 0.319 e. The van der Waals surface area contributed by atoms with Crippen molar-refractivity contribution in [2.75, 3.05) is 50.9 Å². The van der Waals surface area contributed by atoms with E-state index in [0.717, 1.165) is 63.9 Å². The molecule has 2 bridgehead atoms. The maximum Gasteiger partial charge on any atom is 0.319 e.